The predicted molar refractivity (Wildman–Crippen MR) is 82.5 cm³/mol. The molecule has 0 aromatic heterocycles. The molecule has 0 atom stereocenters. The van der Waals surface area contributed by atoms with Crippen molar-refractivity contribution in [3.63, 3.8) is 0 Å². The first kappa shape index (κ1) is 19.8. The Morgan fingerprint density at radius 2 is 1.65 bits per heavy atom. The normalized spacial score (nSPS) is 11.6. The Morgan fingerprint density at radius 1 is 1.08 bits per heavy atom. The lowest BCUT2D eigenvalue weighted by molar-refractivity contribution is 0.100. The molecule has 0 aliphatic carbocycles. The second-order valence-electron chi connectivity index (χ2n) is 5.04. The van der Waals surface area contributed by atoms with Crippen molar-refractivity contribution in [2.24, 2.45) is 5.73 Å². The van der Waals surface area contributed by atoms with Crippen molar-refractivity contribution in [3.05, 3.63) is 53.1 Å². The van der Waals surface area contributed by atoms with Crippen LogP contribution in [0.2, 0.25) is 0 Å². The smallest absolute Gasteiger partial charge is 0.249 e. The summed E-state index contributed by atoms with van der Waals surface area (Å²) < 4.78 is 81.1. The van der Waals surface area contributed by atoms with Gasteiger partial charge in [0.25, 0.3) is 0 Å². The Hall–Kier alpha value is -2.50. The van der Waals surface area contributed by atoms with Crippen LogP contribution in [0.25, 0.3) is 11.1 Å². The molecule has 2 rings (SSSR count). The van der Waals surface area contributed by atoms with Crippen molar-refractivity contribution in [1.29, 1.82) is 0 Å². The monoisotopic (exact) mass is 392 g/mol. The van der Waals surface area contributed by atoms with Crippen LogP contribution in [0.4, 0.5) is 17.6 Å². The van der Waals surface area contributed by atoms with Crippen LogP contribution >= 0.6 is 0 Å². The number of hydrogen-bond donors (Lipinski definition) is 3. The van der Waals surface area contributed by atoms with Crippen molar-refractivity contribution in [3.8, 4) is 11.1 Å². The summed E-state index contributed by atoms with van der Waals surface area (Å²) in [5.41, 5.74) is 3.24. The molecule has 0 unspecified atom stereocenters. The SMILES string of the molecule is NC(=O)c1ccc(F)c(S(=O)(=O)NCCO)c1-c1cc(F)c(F)c(F)c1. The Balaban J connectivity index is 2.90. The summed E-state index contributed by atoms with van der Waals surface area (Å²) in [5, 5.41) is 8.74. The molecule has 0 aliphatic heterocycles. The third-order valence-electron chi connectivity index (χ3n) is 3.32. The van der Waals surface area contributed by atoms with Gasteiger partial charge in [0.15, 0.2) is 17.5 Å². The van der Waals surface area contributed by atoms with Gasteiger partial charge in [-0.25, -0.2) is 30.7 Å². The van der Waals surface area contributed by atoms with Gasteiger partial charge in [-0.3, -0.25) is 4.79 Å². The molecule has 0 spiro atoms. The number of nitrogens with one attached hydrogen (secondary N) is 1. The Kier molecular flexibility index (Phi) is 5.64. The van der Waals surface area contributed by atoms with E-state index in [-0.39, 0.29) is 0 Å². The average Bonchev–Trinajstić information content (AvgIpc) is 2.56. The third-order valence-corrected chi connectivity index (χ3v) is 4.84. The molecule has 1 amide bonds. The maximum absolute atomic E-state index is 14.3. The van der Waals surface area contributed by atoms with Crippen LogP contribution < -0.4 is 10.5 Å². The van der Waals surface area contributed by atoms with Gasteiger partial charge in [0.2, 0.25) is 15.9 Å². The van der Waals surface area contributed by atoms with Crippen molar-refractivity contribution < 1.29 is 35.9 Å². The second-order valence-corrected chi connectivity index (χ2v) is 6.74. The second kappa shape index (κ2) is 7.40. The number of rotatable bonds is 6. The lowest BCUT2D eigenvalue weighted by Gasteiger charge is -2.15. The number of halogens is 4. The molecule has 2 aromatic rings. The molecular formula is C15H12F4N2O4S. The maximum atomic E-state index is 14.3. The Bertz CT molecular complexity index is 957. The summed E-state index contributed by atoms with van der Waals surface area (Å²) in [6.07, 6.45) is 0. The first-order valence-electron chi connectivity index (χ1n) is 6.98. The fraction of sp³-hybridized carbons (Fsp3) is 0.133. The topological polar surface area (TPSA) is 109 Å². The van der Waals surface area contributed by atoms with Crippen molar-refractivity contribution in [2.75, 3.05) is 13.2 Å². The minimum atomic E-state index is -4.66. The van der Waals surface area contributed by atoms with Gasteiger partial charge in [-0.1, -0.05) is 0 Å². The molecule has 26 heavy (non-hydrogen) atoms. The summed E-state index contributed by atoms with van der Waals surface area (Å²) in [5.74, 6) is -7.73. The zero-order chi connectivity index (χ0) is 19.6. The summed E-state index contributed by atoms with van der Waals surface area (Å²) in [6.45, 7) is -1.11. The van der Waals surface area contributed by atoms with Gasteiger partial charge in [-0.05, 0) is 29.8 Å². The molecule has 0 saturated heterocycles. The minimum absolute atomic E-state index is 0.407. The number of carbonyl (C=O) groups excluding carboxylic acids is 1. The number of nitrogens with two attached hydrogens (primary N) is 1. The van der Waals surface area contributed by atoms with Crippen LogP contribution in [-0.2, 0) is 10.0 Å². The number of primary amides is 1. The molecule has 0 fully saturated rings. The highest BCUT2D eigenvalue weighted by Crippen LogP contribution is 2.34. The molecule has 0 radical (unpaired) electrons. The van der Waals surface area contributed by atoms with Gasteiger partial charge in [0.05, 0.1) is 6.61 Å². The standard InChI is InChI=1S/C15H12F4N2O4S/c16-9-2-1-8(15(20)23)12(14(9)26(24,25)21-3-4-22)7-5-10(17)13(19)11(18)6-7/h1-2,5-6,21-22H,3-4H2,(H2,20,23). The Morgan fingerprint density at radius 3 is 2.15 bits per heavy atom. The molecule has 6 nitrogen and oxygen atoms in total. The van der Waals surface area contributed by atoms with Crippen molar-refractivity contribution in [1.82, 2.24) is 4.72 Å². The first-order valence-corrected chi connectivity index (χ1v) is 8.46. The van der Waals surface area contributed by atoms with Gasteiger partial charge < -0.3 is 10.8 Å². The highest BCUT2D eigenvalue weighted by molar-refractivity contribution is 7.89. The zero-order valence-corrected chi connectivity index (χ0v) is 13.7. The third kappa shape index (κ3) is 3.69. The predicted octanol–water partition coefficient (Wildman–Crippen LogP) is 1.28. The molecule has 11 heteroatoms. The molecular weight excluding hydrogens is 380 g/mol. The van der Waals surface area contributed by atoms with Gasteiger partial charge in [0.1, 0.15) is 10.7 Å². The van der Waals surface area contributed by atoms with E-state index in [1.807, 2.05) is 4.72 Å². The number of benzene rings is 2. The molecule has 4 N–H and O–H groups in total. The molecule has 140 valence electrons. The van der Waals surface area contributed by atoms with E-state index in [0.717, 1.165) is 6.07 Å². The van der Waals surface area contributed by atoms with E-state index < -0.39 is 73.9 Å². The number of amides is 1. The van der Waals surface area contributed by atoms with Gasteiger partial charge >= 0.3 is 0 Å². The number of sulfonamides is 1. The van der Waals surface area contributed by atoms with E-state index in [1.165, 1.54) is 0 Å². The molecule has 0 saturated carbocycles. The quantitative estimate of drug-likeness (QED) is 0.508. The molecule has 0 heterocycles. The lowest BCUT2D eigenvalue weighted by atomic mass is 9.98. The van der Waals surface area contributed by atoms with Gasteiger partial charge in [-0.15, -0.1) is 0 Å². The van der Waals surface area contributed by atoms with Gasteiger partial charge in [-0.2, -0.15) is 0 Å². The van der Waals surface area contributed by atoms with Crippen LogP contribution in [0.15, 0.2) is 29.2 Å². The van der Waals surface area contributed by atoms with E-state index in [1.54, 1.807) is 0 Å². The lowest BCUT2D eigenvalue weighted by Crippen LogP contribution is -2.29. The summed E-state index contributed by atoms with van der Waals surface area (Å²) in [6, 6.07) is 2.28. The fourth-order valence-electron chi connectivity index (χ4n) is 2.26. The molecule has 0 aliphatic rings. The van der Waals surface area contributed by atoms with Gasteiger partial charge in [0, 0.05) is 17.7 Å². The number of hydrogen-bond acceptors (Lipinski definition) is 4. The summed E-state index contributed by atoms with van der Waals surface area (Å²) in [7, 11) is -4.66. The summed E-state index contributed by atoms with van der Waals surface area (Å²) in [4.78, 5) is 10.5. The van der Waals surface area contributed by atoms with Crippen molar-refractivity contribution in [2.45, 2.75) is 4.90 Å². The maximum Gasteiger partial charge on any atom is 0.249 e. The number of aliphatic hydroxyl groups excluding tert-OH is 1. The first-order chi connectivity index (χ1) is 12.1. The van der Waals surface area contributed by atoms with Crippen LogP contribution in [0.3, 0.4) is 0 Å². The van der Waals surface area contributed by atoms with Crippen LogP contribution in [0.5, 0.6) is 0 Å². The highest BCUT2D eigenvalue weighted by atomic mass is 32.2. The number of aliphatic hydroxyl groups is 1. The van der Waals surface area contributed by atoms with Crippen molar-refractivity contribution >= 4 is 15.9 Å². The Labute approximate surface area is 145 Å². The zero-order valence-electron chi connectivity index (χ0n) is 12.9. The van der Waals surface area contributed by atoms with Crippen LogP contribution in [-0.4, -0.2) is 32.6 Å². The molecule has 0 bridgehead atoms. The largest absolute Gasteiger partial charge is 0.395 e. The van der Waals surface area contributed by atoms with E-state index >= 15 is 0 Å². The van der Waals surface area contributed by atoms with Crippen LogP contribution in [0, 0.1) is 23.3 Å². The van der Waals surface area contributed by atoms with E-state index in [9.17, 15) is 30.8 Å². The number of carbonyl (C=O) groups is 1. The van der Waals surface area contributed by atoms with E-state index in [4.69, 9.17) is 10.8 Å². The summed E-state index contributed by atoms with van der Waals surface area (Å²) >= 11 is 0. The van der Waals surface area contributed by atoms with Crippen LogP contribution in [0.1, 0.15) is 10.4 Å². The fourth-order valence-corrected chi connectivity index (χ4v) is 3.59. The van der Waals surface area contributed by atoms with E-state index in [2.05, 4.69) is 0 Å². The molecule has 2 aromatic carbocycles. The minimum Gasteiger partial charge on any atom is -0.395 e. The average molecular weight is 392 g/mol. The highest BCUT2D eigenvalue weighted by Gasteiger charge is 2.29. The van der Waals surface area contributed by atoms with E-state index in [0.29, 0.717) is 18.2 Å².